The number of benzene rings is 1. The first kappa shape index (κ1) is 17.5. The minimum absolute atomic E-state index is 0.0373. The maximum Gasteiger partial charge on any atom is 0.193 e. The molecule has 0 bridgehead atoms. The SMILES string of the molecule is CC(CO)(COCc1ccccc1F)Cc1nnc(Cl)c(N)n1. The van der Waals surface area contributed by atoms with E-state index in [2.05, 4.69) is 15.2 Å². The number of rotatable bonds is 7. The summed E-state index contributed by atoms with van der Waals surface area (Å²) in [6.45, 7) is 1.96. The van der Waals surface area contributed by atoms with Crippen molar-refractivity contribution in [2.45, 2.75) is 20.0 Å². The molecule has 0 aliphatic carbocycles. The molecule has 2 aromatic rings. The van der Waals surface area contributed by atoms with E-state index in [4.69, 9.17) is 22.1 Å². The summed E-state index contributed by atoms with van der Waals surface area (Å²) in [5.74, 6) is 0.124. The Hall–Kier alpha value is -1.83. The number of nitrogens with two attached hydrogens (primary N) is 1. The van der Waals surface area contributed by atoms with Crippen molar-refractivity contribution in [2.75, 3.05) is 18.9 Å². The van der Waals surface area contributed by atoms with Gasteiger partial charge in [-0.1, -0.05) is 36.7 Å². The van der Waals surface area contributed by atoms with E-state index in [1.807, 2.05) is 6.92 Å². The Morgan fingerprint density at radius 2 is 2.09 bits per heavy atom. The molecule has 0 aliphatic rings. The van der Waals surface area contributed by atoms with Crippen LogP contribution in [0, 0.1) is 11.2 Å². The van der Waals surface area contributed by atoms with Crippen molar-refractivity contribution in [3.8, 4) is 0 Å². The fourth-order valence-corrected chi connectivity index (χ4v) is 2.07. The second kappa shape index (κ2) is 7.63. The lowest BCUT2D eigenvalue weighted by Gasteiger charge is -2.26. The second-order valence-corrected chi connectivity index (χ2v) is 5.99. The van der Waals surface area contributed by atoms with Crippen molar-refractivity contribution in [1.29, 1.82) is 0 Å². The van der Waals surface area contributed by atoms with Gasteiger partial charge in [0.2, 0.25) is 0 Å². The molecule has 1 atom stereocenters. The zero-order valence-electron chi connectivity index (χ0n) is 12.7. The van der Waals surface area contributed by atoms with Gasteiger partial charge in [0.25, 0.3) is 0 Å². The highest BCUT2D eigenvalue weighted by Gasteiger charge is 2.26. The number of nitrogens with zero attached hydrogens (tertiary/aromatic N) is 3. The lowest BCUT2D eigenvalue weighted by Crippen LogP contribution is -2.31. The molecule has 0 saturated carbocycles. The summed E-state index contributed by atoms with van der Waals surface area (Å²) in [6, 6.07) is 6.38. The zero-order valence-corrected chi connectivity index (χ0v) is 13.4. The fourth-order valence-electron chi connectivity index (χ4n) is 1.99. The first-order valence-electron chi connectivity index (χ1n) is 7.00. The Labute approximate surface area is 138 Å². The van der Waals surface area contributed by atoms with Crippen LogP contribution in [-0.4, -0.2) is 33.5 Å². The van der Waals surface area contributed by atoms with Crippen LogP contribution >= 0.6 is 11.6 Å². The smallest absolute Gasteiger partial charge is 0.193 e. The highest BCUT2D eigenvalue weighted by atomic mass is 35.5. The number of ether oxygens (including phenoxy) is 1. The Morgan fingerprint density at radius 3 is 2.74 bits per heavy atom. The van der Waals surface area contributed by atoms with Crippen molar-refractivity contribution < 1.29 is 14.2 Å². The summed E-state index contributed by atoms with van der Waals surface area (Å²) in [7, 11) is 0. The van der Waals surface area contributed by atoms with Gasteiger partial charge in [-0.15, -0.1) is 10.2 Å². The third kappa shape index (κ3) is 4.82. The van der Waals surface area contributed by atoms with E-state index in [-0.39, 0.29) is 36.6 Å². The zero-order chi connectivity index (χ0) is 16.9. The van der Waals surface area contributed by atoms with Gasteiger partial charge >= 0.3 is 0 Å². The maximum atomic E-state index is 13.5. The van der Waals surface area contributed by atoms with E-state index < -0.39 is 5.41 Å². The molecule has 1 unspecified atom stereocenters. The standard InChI is InChI=1S/C15H18ClFN4O2/c1-15(8-22,6-12-19-14(18)13(16)21-20-12)9-23-7-10-4-2-3-5-11(10)17/h2-5,22H,6-9H2,1H3,(H2,18,19,20). The van der Waals surface area contributed by atoms with Gasteiger partial charge in [0, 0.05) is 17.4 Å². The highest BCUT2D eigenvalue weighted by molar-refractivity contribution is 6.31. The summed E-state index contributed by atoms with van der Waals surface area (Å²) in [5.41, 5.74) is 5.41. The summed E-state index contributed by atoms with van der Waals surface area (Å²) in [6.07, 6.45) is 0.301. The molecule has 0 saturated heterocycles. The molecular weight excluding hydrogens is 323 g/mol. The number of aromatic nitrogens is 3. The van der Waals surface area contributed by atoms with Crippen LogP contribution in [0.15, 0.2) is 24.3 Å². The molecule has 124 valence electrons. The number of aliphatic hydroxyl groups excluding tert-OH is 1. The third-order valence-corrected chi connectivity index (χ3v) is 3.62. The molecule has 8 heteroatoms. The lowest BCUT2D eigenvalue weighted by molar-refractivity contribution is 0.00749. The minimum atomic E-state index is -0.646. The number of anilines is 1. The Morgan fingerprint density at radius 1 is 1.35 bits per heavy atom. The molecule has 0 radical (unpaired) electrons. The second-order valence-electron chi connectivity index (χ2n) is 5.63. The Bertz CT molecular complexity index is 674. The maximum absolute atomic E-state index is 13.5. The van der Waals surface area contributed by atoms with Crippen LogP contribution in [-0.2, 0) is 17.8 Å². The van der Waals surface area contributed by atoms with Crippen molar-refractivity contribution >= 4 is 17.4 Å². The van der Waals surface area contributed by atoms with E-state index in [0.29, 0.717) is 17.8 Å². The third-order valence-electron chi connectivity index (χ3n) is 3.35. The van der Waals surface area contributed by atoms with E-state index in [0.717, 1.165) is 0 Å². The number of halogens is 2. The average Bonchev–Trinajstić information content (AvgIpc) is 2.53. The van der Waals surface area contributed by atoms with Gasteiger partial charge in [-0.3, -0.25) is 0 Å². The Balaban J connectivity index is 1.97. The lowest BCUT2D eigenvalue weighted by atomic mass is 9.88. The summed E-state index contributed by atoms with van der Waals surface area (Å²) >= 11 is 5.68. The molecule has 0 fully saturated rings. The van der Waals surface area contributed by atoms with Gasteiger partial charge in [-0.2, -0.15) is 0 Å². The highest BCUT2D eigenvalue weighted by Crippen LogP contribution is 2.23. The number of nitrogen functional groups attached to an aromatic ring is 1. The minimum Gasteiger partial charge on any atom is -0.396 e. The number of hydrogen-bond donors (Lipinski definition) is 2. The molecule has 1 aromatic carbocycles. The van der Waals surface area contributed by atoms with Crippen molar-refractivity contribution in [1.82, 2.24) is 15.2 Å². The number of aliphatic hydroxyl groups is 1. The largest absolute Gasteiger partial charge is 0.396 e. The van der Waals surface area contributed by atoms with Crippen LogP contribution in [0.2, 0.25) is 5.15 Å². The molecule has 0 aliphatic heterocycles. The van der Waals surface area contributed by atoms with E-state index >= 15 is 0 Å². The molecule has 1 aromatic heterocycles. The van der Waals surface area contributed by atoms with Crippen molar-refractivity contribution in [2.24, 2.45) is 5.41 Å². The average molecular weight is 341 g/mol. The van der Waals surface area contributed by atoms with Gasteiger partial charge < -0.3 is 15.6 Å². The van der Waals surface area contributed by atoms with Crippen molar-refractivity contribution in [3.05, 3.63) is 46.6 Å². The first-order valence-corrected chi connectivity index (χ1v) is 7.38. The van der Waals surface area contributed by atoms with Gasteiger partial charge in [-0.25, -0.2) is 9.37 Å². The molecule has 23 heavy (non-hydrogen) atoms. The fraction of sp³-hybridized carbons (Fsp3) is 0.400. The van der Waals surface area contributed by atoms with Crippen LogP contribution < -0.4 is 5.73 Å². The summed E-state index contributed by atoms with van der Waals surface area (Å²) in [5, 5.41) is 17.2. The normalized spacial score (nSPS) is 13.7. The monoisotopic (exact) mass is 340 g/mol. The van der Waals surface area contributed by atoms with Gasteiger partial charge in [0.05, 0.1) is 19.8 Å². The molecule has 3 N–H and O–H groups in total. The van der Waals surface area contributed by atoms with E-state index in [1.54, 1.807) is 18.2 Å². The number of hydrogen-bond acceptors (Lipinski definition) is 6. The van der Waals surface area contributed by atoms with Crippen LogP contribution in [0.3, 0.4) is 0 Å². The molecule has 1 heterocycles. The molecular formula is C15H18ClFN4O2. The Kier molecular flexibility index (Phi) is 5.81. The predicted octanol–water partition coefficient (Wildman–Crippen LogP) is 2.00. The van der Waals surface area contributed by atoms with Crippen LogP contribution in [0.5, 0.6) is 0 Å². The molecule has 0 amide bonds. The first-order chi connectivity index (χ1) is 10.9. The van der Waals surface area contributed by atoms with Gasteiger partial charge in [0.15, 0.2) is 16.8 Å². The van der Waals surface area contributed by atoms with Gasteiger partial charge in [0.1, 0.15) is 5.82 Å². The molecule has 0 spiro atoms. The predicted molar refractivity (Wildman–Crippen MR) is 84.2 cm³/mol. The topological polar surface area (TPSA) is 94.2 Å². The van der Waals surface area contributed by atoms with E-state index in [9.17, 15) is 9.50 Å². The van der Waals surface area contributed by atoms with Gasteiger partial charge in [-0.05, 0) is 6.07 Å². The molecule has 6 nitrogen and oxygen atoms in total. The summed E-state index contributed by atoms with van der Waals surface area (Å²) < 4.78 is 19.1. The molecule has 2 rings (SSSR count). The van der Waals surface area contributed by atoms with Crippen molar-refractivity contribution in [3.63, 3.8) is 0 Å². The van der Waals surface area contributed by atoms with E-state index in [1.165, 1.54) is 6.07 Å². The van der Waals surface area contributed by atoms with Crippen LogP contribution in [0.25, 0.3) is 0 Å². The quantitative estimate of drug-likeness (QED) is 0.800. The van der Waals surface area contributed by atoms with Crippen LogP contribution in [0.4, 0.5) is 10.2 Å². The van der Waals surface area contributed by atoms with Crippen LogP contribution in [0.1, 0.15) is 18.3 Å². The summed E-state index contributed by atoms with van der Waals surface area (Å²) in [4.78, 5) is 4.03.